The minimum atomic E-state index is -4.01. The third-order valence-corrected chi connectivity index (χ3v) is 8.79. The average Bonchev–Trinajstić information content (AvgIpc) is 3.41. The van der Waals surface area contributed by atoms with Crippen molar-refractivity contribution in [2.75, 3.05) is 10.8 Å². The first-order valence-electron chi connectivity index (χ1n) is 13.1. The summed E-state index contributed by atoms with van der Waals surface area (Å²) in [7, 11) is -4.01. The summed E-state index contributed by atoms with van der Waals surface area (Å²) < 4.78 is 34.5. The van der Waals surface area contributed by atoms with Gasteiger partial charge in [-0.25, -0.2) is 8.42 Å². The third kappa shape index (κ3) is 6.15. The van der Waals surface area contributed by atoms with Crippen molar-refractivity contribution in [2.45, 2.75) is 44.0 Å². The van der Waals surface area contributed by atoms with Crippen molar-refractivity contribution in [1.29, 1.82) is 0 Å². The van der Waals surface area contributed by atoms with Crippen LogP contribution in [0.2, 0.25) is 0 Å². The van der Waals surface area contributed by atoms with Gasteiger partial charge in [-0.1, -0.05) is 54.1 Å². The van der Waals surface area contributed by atoms with Crippen LogP contribution < -0.4 is 14.4 Å². The second-order valence-electron chi connectivity index (χ2n) is 9.90. The van der Waals surface area contributed by atoms with Crippen LogP contribution in [0, 0.1) is 6.92 Å². The number of carbonyl (C=O) groups excluding carboxylic acids is 1. The van der Waals surface area contributed by atoms with E-state index in [4.69, 9.17) is 4.74 Å². The first kappa shape index (κ1) is 26.5. The number of carbonyl (C=O) groups is 1. The minimum Gasteiger partial charge on any atom is -0.457 e. The van der Waals surface area contributed by atoms with Crippen LogP contribution in [0.25, 0.3) is 0 Å². The molecule has 0 saturated carbocycles. The van der Waals surface area contributed by atoms with Crippen LogP contribution >= 0.6 is 0 Å². The summed E-state index contributed by atoms with van der Waals surface area (Å²) in [6, 6.07) is 28.7. The molecule has 4 aromatic rings. The van der Waals surface area contributed by atoms with E-state index in [1.54, 1.807) is 48.5 Å². The number of hydrogen-bond acceptors (Lipinski definition) is 4. The zero-order chi connectivity index (χ0) is 27.4. The summed E-state index contributed by atoms with van der Waals surface area (Å²) in [5.41, 5.74) is 5.03. The van der Waals surface area contributed by atoms with E-state index in [-0.39, 0.29) is 23.4 Å². The van der Waals surface area contributed by atoms with Crippen LogP contribution in [-0.2, 0) is 27.7 Å². The molecular formula is C32H32N2O4S. The second-order valence-corrected chi connectivity index (χ2v) is 11.8. The van der Waals surface area contributed by atoms with E-state index in [1.807, 2.05) is 50.2 Å². The Morgan fingerprint density at radius 2 is 1.54 bits per heavy atom. The lowest BCUT2D eigenvalue weighted by molar-refractivity contribution is -0.120. The number of hydrogen-bond donors (Lipinski definition) is 1. The standard InChI is InChI=1S/C32H32N2O4S/c1-23-11-19-31(20-12-23)39(36,37)34(28-15-17-30(18-16-28)38-29-9-4-3-5-10-29)22-32(35)33-24(2)26-14-13-25-7-6-8-27(25)21-26/h3-5,9-21,24H,6-8,22H2,1-2H3,(H,33,35)/t24-/m0/s1. The van der Waals surface area contributed by atoms with Crippen molar-refractivity contribution in [3.63, 3.8) is 0 Å². The van der Waals surface area contributed by atoms with Crippen LogP contribution in [-0.4, -0.2) is 20.9 Å². The van der Waals surface area contributed by atoms with E-state index in [1.165, 1.54) is 11.1 Å². The van der Waals surface area contributed by atoms with Crippen molar-refractivity contribution < 1.29 is 17.9 Å². The Kier molecular flexibility index (Phi) is 7.70. The maximum Gasteiger partial charge on any atom is 0.264 e. The fourth-order valence-electron chi connectivity index (χ4n) is 4.82. The zero-order valence-electron chi connectivity index (χ0n) is 22.1. The maximum absolute atomic E-state index is 13.8. The molecule has 1 amide bonds. The Bertz CT molecular complexity index is 1550. The monoisotopic (exact) mass is 540 g/mol. The lowest BCUT2D eigenvalue weighted by Gasteiger charge is -2.25. The Morgan fingerprint density at radius 1 is 0.872 bits per heavy atom. The summed E-state index contributed by atoms with van der Waals surface area (Å²) in [6.07, 6.45) is 3.30. The van der Waals surface area contributed by atoms with Crippen LogP contribution in [0.1, 0.15) is 41.6 Å². The maximum atomic E-state index is 13.8. The molecule has 0 radical (unpaired) electrons. The van der Waals surface area contributed by atoms with E-state index in [0.29, 0.717) is 17.2 Å². The molecular weight excluding hydrogens is 508 g/mol. The average molecular weight is 541 g/mol. The molecule has 1 atom stereocenters. The van der Waals surface area contributed by atoms with Gasteiger partial charge >= 0.3 is 0 Å². The number of nitrogens with zero attached hydrogens (tertiary/aromatic N) is 1. The number of benzene rings is 4. The van der Waals surface area contributed by atoms with E-state index in [9.17, 15) is 13.2 Å². The molecule has 6 nitrogen and oxygen atoms in total. The van der Waals surface area contributed by atoms with Gasteiger partial charge in [-0.3, -0.25) is 9.10 Å². The van der Waals surface area contributed by atoms with Gasteiger partial charge in [0.05, 0.1) is 16.6 Å². The molecule has 5 rings (SSSR count). The smallest absolute Gasteiger partial charge is 0.264 e. The van der Waals surface area contributed by atoms with Gasteiger partial charge in [-0.05, 0) is 98.3 Å². The van der Waals surface area contributed by atoms with Crippen LogP contribution in [0.15, 0.2) is 102 Å². The summed E-state index contributed by atoms with van der Waals surface area (Å²) in [6.45, 7) is 3.46. The van der Waals surface area contributed by atoms with E-state index in [0.717, 1.165) is 34.7 Å². The number of sulfonamides is 1. The fraction of sp³-hybridized carbons (Fsp3) is 0.219. The lowest BCUT2D eigenvalue weighted by Crippen LogP contribution is -2.41. The van der Waals surface area contributed by atoms with Crippen LogP contribution in [0.5, 0.6) is 11.5 Å². The predicted molar refractivity (Wildman–Crippen MR) is 154 cm³/mol. The van der Waals surface area contributed by atoms with Crippen molar-refractivity contribution >= 4 is 21.6 Å². The SMILES string of the molecule is Cc1ccc(S(=O)(=O)N(CC(=O)N[C@@H](C)c2ccc3c(c2)CCC3)c2ccc(Oc3ccccc3)cc2)cc1. The highest BCUT2D eigenvalue weighted by molar-refractivity contribution is 7.92. The molecule has 0 fully saturated rings. The first-order chi connectivity index (χ1) is 18.8. The number of rotatable bonds is 9. The van der Waals surface area contributed by atoms with E-state index < -0.39 is 10.0 Å². The van der Waals surface area contributed by atoms with Gasteiger partial charge in [0.1, 0.15) is 18.0 Å². The Labute approximate surface area is 230 Å². The third-order valence-electron chi connectivity index (χ3n) is 7.00. The normalized spacial score (nSPS) is 13.4. The summed E-state index contributed by atoms with van der Waals surface area (Å²) in [4.78, 5) is 13.4. The van der Waals surface area contributed by atoms with Gasteiger partial charge in [0, 0.05) is 0 Å². The number of para-hydroxylation sites is 1. The van der Waals surface area contributed by atoms with Gasteiger partial charge in [-0.2, -0.15) is 0 Å². The molecule has 4 aromatic carbocycles. The molecule has 0 bridgehead atoms. The topological polar surface area (TPSA) is 75.7 Å². The number of ether oxygens (including phenoxy) is 1. The van der Waals surface area contributed by atoms with Crippen molar-refractivity contribution in [1.82, 2.24) is 5.32 Å². The van der Waals surface area contributed by atoms with E-state index >= 15 is 0 Å². The molecule has 1 aliphatic carbocycles. The summed E-state index contributed by atoms with van der Waals surface area (Å²) >= 11 is 0. The molecule has 0 unspecified atom stereocenters. The molecule has 0 saturated heterocycles. The number of aryl methyl sites for hydroxylation is 3. The highest BCUT2D eigenvalue weighted by Gasteiger charge is 2.28. The number of amides is 1. The Balaban J connectivity index is 1.38. The highest BCUT2D eigenvalue weighted by Crippen LogP contribution is 2.29. The number of nitrogens with one attached hydrogen (secondary N) is 1. The van der Waals surface area contributed by atoms with Gasteiger partial charge in [-0.15, -0.1) is 0 Å². The quantitative estimate of drug-likeness (QED) is 0.268. The molecule has 39 heavy (non-hydrogen) atoms. The Morgan fingerprint density at radius 3 is 2.26 bits per heavy atom. The van der Waals surface area contributed by atoms with E-state index in [2.05, 4.69) is 17.4 Å². The molecule has 0 aliphatic heterocycles. The minimum absolute atomic E-state index is 0.122. The molecule has 200 valence electrons. The van der Waals surface area contributed by atoms with Gasteiger partial charge < -0.3 is 10.1 Å². The van der Waals surface area contributed by atoms with Crippen molar-refractivity contribution in [3.05, 3.63) is 119 Å². The molecule has 0 heterocycles. The van der Waals surface area contributed by atoms with Gasteiger partial charge in [0.25, 0.3) is 10.0 Å². The summed E-state index contributed by atoms with van der Waals surface area (Å²) in [5.74, 6) is 0.852. The Hall–Kier alpha value is -4.10. The van der Waals surface area contributed by atoms with Gasteiger partial charge in [0.15, 0.2) is 0 Å². The summed E-state index contributed by atoms with van der Waals surface area (Å²) in [5, 5.41) is 2.99. The molecule has 0 spiro atoms. The van der Waals surface area contributed by atoms with Crippen molar-refractivity contribution in [3.8, 4) is 11.5 Å². The zero-order valence-corrected chi connectivity index (χ0v) is 22.9. The largest absolute Gasteiger partial charge is 0.457 e. The number of fused-ring (bicyclic) bond motifs is 1. The fourth-order valence-corrected chi connectivity index (χ4v) is 6.24. The molecule has 0 aromatic heterocycles. The first-order valence-corrected chi connectivity index (χ1v) is 14.6. The molecule has 1 N–H and O–H groups in total. The second kappa shape index (κ2) is 11.3. The molecule has 1 aliphatic rings. The predicted octanol–water partition coefficient (Wildman–Crippen LogP) is 6.35. The van der Waals surface area contributed by atoms with Crippen LogP contribution in [0.4, 0.5) is 5.69 Å². The lowest BCUT2D eigenvalue weighted by atomic mass is 10.0. The number of anilines is 1. The molecule has 7 heteroatoms. The van der Waals surface area contributed by atoms with Crippen LogP contribution in [0.3, 0.4) is 0 Å². The van der Waals surface area contributed by atoms with Crippen molar-refractivity contribution in [2.24, 2.45) is 0 Å². The highest BCUT2D eigenvalue weighted by atomic mass is 32.2. The van der Waals surface area contributed by atoms with Gasteiger partial charge in [0.2, 0.25) is 5.91 Å².